The van der Waals surface area contributed by atoms with Gasteiger partial charge in [0.25, 0.3) is 0 Å². The van der Waals surface area contributed by atoms with E-state index < -0.39 is 0 Å². The summed E-state index contributed by atoms with van der Waals surface area (Å²) in [4.78, 5) is 0. The van der Waals surface area contributed by atoms with Crippen molar-refractivity contribution in [2.45, 2.75) is 5.92 Å². The summed E-state index contributed by atoms with van der Waals surface area (Å²) in [5.74, 6) is 0.191. The Morgan fingerprint density at radius 3 is 1.88 bits per heavy atom. The van der Waals surface area contributed by atoms with Crippen LogP contribution in [0, 0.1) is 0 Å². The van der Waals surface area contributed by atoms with Gasteiger partial charge < -0.3 is 0 Å². The zero-order valence-corrected chi connectivity index (χ0v) is 22.6. The van der Waals surface area contributed by atoms with Crippen molar-refractivity contribution in [3.63, 3.8) is 0 Å². The first kappa shape index (κ1) is 22.1. The molecule has 1 heterocycles. The van der Waals surface area contributed by atoms with E-state index in [2.05, 4.69) is 140 Å². The van der Waals surface area contributed by atoms with Crippen LogP contribution in [0.1, 0.15) is 22.6 Å². The Kier molecular flexibility index (Phi) is 4.64. The summed E-state index contributed by atoms with van der Waals surface area (Å²) < 4.78 is 2.71. The van der Waals surface area contributed by atoms with Crippen molar-refractivity contribution in [3.05, 3.63) is 156 Å². The van der Waals surface area contributed by atoms with Crippen molar-refractivity contribution in [3.8, 4) is 22.3 Å². The van der Waals surface area contributed by atoms with E-state index in [1.807, 2.05) is 11.3 Å². The van der Waals surface area contributed by atoms with Gasteiger partial charge in [-0.3, -0.25) is 0 Å². The molecule has 0 saturated heterocycles. The molecule has 9 rings (SSSR count). The van der Waals surface area contributed by atoms with Gasteiger partial charge in [0, 0.05) is 26.1 Å². The number of benzene rings is 7. The summed E-state index contributed by atoms with van der Waals surface area (Å²) in [6.45, 7) is 0. The third-order valence-corrected chi connectivity index (χ3v) is 9.96. The van der Waals surface area contributed by atoms with Gasteiger partial charge >= 0.3 is 0 Å². The van der Waals surface area contributed by atoms with Crippen LogP contribution in [0.3, 0.4) is 0 Å². The summed E-state index contributed by atoms with van der Waals surface area (Å²) in [6, 6.07) is 51.9. The Hall–Kier alpha value is -4.72. The lowest BCUT2D eigenvalue weighted by Crippen LogP contribution is -2.02. The fraction of sp³-hybridized carbons (Fsp3) is 0.0256. The molecule has 1 atom stereocenters. The zero-order chi connectivity index (χ0) is 26.2. The van der Waals surface area contributed by atoms with Gasteiger partial charge in [0.2, 0.25) is 0 Å². The Bertz CT molecular complexity index is 2230. The summed E-state index contributed by atoms with van der Waals surface area (Å²) in [5.41, 5.74) is 9.52. The van der Waals surface area contributed by atoms with Crippen molar-refractivity contribution in [1.82, 2.24) is 0 Å². The molecule has 0 radical (unpaired) electrons. The minimum Gasteiger partial charge on any atom is -0.135 e. The van der Waals surface area contributed by atoms with E-state index in [4.69, 9.17) is 0 Å². The molecule has 1 heteroatoms. The molecule has 1 unspecified atom stereocenters. The standard InChI is InChI=1S/C39H24S/c1-3-12-27-24(10-1)22-25-11-2-4-13-28(25)37(27)38-32-16-6-5-14-30(32)35-23-26(20-21-33(35)38)29-17-9-18-34-31-15-7-8-19-36(31)40-39(29)34/h1-23,38H. The van der Waals surface area contributed by atoms with Crippen LogP contribution >= 0.6 is 11.3 Å². The molecule has 7 aromatic carbocycles. The topological polar surface area (TPSA) is 0 Å². The first-order chi connectivity index (χ1) is 19.8. The minimum atomic E-state index is 0.191. The molecule has 0 N–H and O–H groups in total. The second-order valence-corrected chi connectivity index (χ2v) is 11.9. The molecular formula is C39H24S. The van der Waals surface area contributed by atoms with E-state index in [0.29, 0.717) is 0 Å². The highest BCUT2D eigenvalue weighted by molar-refractivity contribution is 7.26. The smallest absolute Gasteiger partial charge is 0.0433 e. The number of thiophene rings is 1. The second-order valence-electron chi connectivity index (χ2n) is 10.8. The average Bonchev–Trinajstić information content (AvgIpc) is 3.55. The summed E-state index contributed by atoms with van der Waals surface area (Å²) >= 11 is 1.90. The third kappa shape index (κ3) is 3.07. The van der Waals surface area contributed by atoms with Crippen LogP contribution in [-0.2, 0) is 0 Å². The molecule has 0 saturated carbocycles. The summed E-state index contributed by atoms with van der Waals surface area (Å²) in [5, 5.41) is 7.98. The normalized spacial score (nSPS) is 14.2. The molecule has 0 bridgehead atoms. The van der Waals surface area contributed by atoms with Crippen molar-refractivity contribution in [2.24, 2.45) is 0 Å². The second kappa shape index (κ2) is 8.39. The minimum absolute atomic E-state index is 0.191. The number of fused-ring (bicyclic) bond motifs is 8. The SMILES string of the molecule is c1ccc2c(c1)-c1cc(-c3cccc4c3sc3ccccc34)ccc1C2c1c2ccccc2cc2ccccc12. The van der Waals surface area contributed by atoms with E-state index in [-0.39, 0.29) is 5.92 Å². The van der Waals surface area contributed by atoms with E-state index in [1.165, 1.54) is 80.7 Å². The fourth-order valence-corrected chi connectivity index (χ4v) is 8.25. The predicted molar refractivity (Wildman–Crippen MR) is 173 cm³/mol. The maximum absolute atomic E-state index is 2.45. The number of hydrogen-bond donors (Lipinski definition) is 0. The van der Waals surface area contributed by atoms with Crippen LogP contribution in [0.15, 0.2) is 140 Å². The van der Waals surface area contributed by atoms with Crippen molar-refractivity contribution < 1.29 is 0 Å². The number of rotatable bonds is 2. The predicted octanol–water partition coefficient (Wildman–Crippen LogP) is 11.2. The lowest BCUT2D eigenvalue weighted by Gasteiger charge is -2.20. The van der Waals surface area contributed by atoms with Gasteiger partial charge in [-0.25, -0.2) is 0 Å². The summed E-state index contributed by atoms with van der Waals surface area (Å²) in [6.07, 6.45) is 0. The molecule has 1 aliphatic carbocycles. The molecule has 40 heavy (non-hydrogen) atoms. The Balaban J connectivity index is 1.32. The average molecular weight is 525 g/mol. The van der Waals surface area contributed by atoms with Crippen molar-refractivity contribution in [2.75, 3.05) is 0 Å². The Morgan fingerprint density at radius 2 is 1.05 bits per heavy atom. The van der Waals surface area contributed by atoms with Gasteiger partial charge in [-0.1, -0.05) is 121 Å². The van der Waals surface area contributed by atoms with Gasteiger partial charge in [-0.05, 0) is 78.7 Å². The first-order valence-electron chi connectivity index (χ1n) is 13.9. The van der Waals surface area contributed by atoms with Crippen molar-refractivity contribution in [1.29, 1.82) is 0 Å². The molecule has 0 spiro atoms. The van der Waals surface area contributed by atoms with Crippen molar-refractivity contribution >= 4 is 53.1 Å². The van der Waals surface area contributed by atoms with Crippen LogP contribution in [0.2, 0.25) is 0 Å². The molecular weight excluding hydrogens is 500 g/mol. The lowest BCUT2D eigenvalue weighted by atomic mass is 9.82. The molecule has 186 valence electrons. The molecule has 8 aromatic rings. The molecule has 0 nitrogen and oxygen atoms in total. The fourth-order valence-electron chi connectivity index (χ4n) is 7.02. The van der Waals surface area contributed by atoms with Gasteiger partial charge in [0.1, 0.15) is 0 Å². The van der Waals surface area contributed by atoms with Crippen LogP contribution in [0.5, 0.6) is 0 Å². The highest BCUT2D eigenvalue weighted by Crippen LogP contribution is 2.52. The zero-order valence-electron chi connectivity index (χ0n) is 21.8. The van der Waals surface area contributed by atoms with Crippen LogP contribution in [0.25, 0.3) is 64.0 Å². The van der Waals surface area contributed by atoms with Crippen LogP contribution in [-0.4, -0.2) is 0 Å². The Labute approximate surface area is 236 Å². The highest BCUT2D eigenvalue weighted by atomic mass is 32.1. The third-order valence-electron chi connectivity index (χ3n) is 8.74. The van der Waals surface area contributed by atoms with Gasteiger partial charge in [-0.15, -0.1) is 11.3 Å². The largest absolute Gasteiger partial charge is 0.135 e. The maximum atomic E-state index is 2.45. The maximum Gasteiger partial charge on any atom is 0.0433 e. The molecule has 0 fully saturated rings. The monoisotopic (exact) mass is 524 g/mol. The van der Waals surface area contributed by atoms with Crippen LogP contribution in [0.4, 0.5) is 0 Å². The van der Waals surface area contributed by atoms with E-state index in [9.17, 15) is 0 Å². The Morgan fingerprint density at radius 1 is 0.425 bits per heavy atom. The van der Waals surface area contributed by atoms with E-state index in [1.54, 1.807) is 0 Å². The van der Waals surface area contributed by atoms with E-state index >= 15 is 0 Å². The molecule has 1 aliphatic rings. The van der Waals surface area contributed by atoms with E-state index in [0.717, 1.165) is 0 Å². The van der Waals surface area contributed by atoms with Crippen LogP contribution < -0.4 is 0 Å². The number of hydrogen-bond acceptors (Lipinski definition) is 1. The lowest BCUT2D eigenvalue weighted by molar-refractivity contribution is 1.04. The van der Waals surface area contributed by atoms with Gasteiger partial charge in [0.05, 0.1) is 0 Å². The molecule has 0 aliphatic heterocycles. The van der Waals surface area contributed by atoms with Gasteiger partial charge in [-0.2, -0.15) is 0 Å². The highest BCUT2D eigenvalue weighted by Gasteiger charge is 2.32. The summed E-state index contributed by atoms with van der Waals surface area (Å²) in [7, 11) is 0. The molecule has 0 amide bonds. The molecule has 1 aromatic heterocycles. The van der Waals surface area contributed by atoms with Gasteiger partial charge in [0.15, 0.2) is 0 Å². The quantitative estimate of drug-likeness (QED) is 0.197. The first-order valence-corrected chi connectivity index (χ1v) is 14.7.